The highest BCUT2D eigenvalue weighted by molar-refractivity contribution is 7.98. The molecule has 0 unspecified atom stereocenters. The maximum absolute atomic E-state index is 13.9. The van der Waals surface area contributed by atoms with Gasteiger partial charge in [0.25, 0.3) is 0 Å². The normalized spacial score (nSPS) is 14.5. The van der Waals surface area contributed by atoms with E-state index >= 15 is 0 Å². The number of nitrogens with one attached hydrogen (secondary N) is 7. The van der Waals surface area contributed by atoms with Gasteiger partial charge in [-0.15, -0.1) is 0 Å². The fourth-order valence-corrected chi connectivity index (χ4v) is 6.57. The number of phenols is 1. The Balaban J connectivity index is 1.81. The van der Waals surface area contributed by atoms with Gasteiger partial charge in [0.1, 0.15) is 42.0 Å². The largest absolute Gasteiger partial charge is 0.508 e. The number of hydrogen-bond donors (Lipinski definition) is 12. The molecule has 7 amide bonds. The third-order valence-corrected chi connectivity index (χ3v) is 10.4. The molecule has 0 aliphatic carbocycles. The topological polar surface area (TPSA) is 337 Å². The molecule has 20 nitrogen and oxygen atoms in total. The zero-order chi connectivity index (χ0) is 45.2. The summed E-state index contributed by atoms with van der Waals surface area (Å²) in [4.78, 5) is 107. The predicted molar refractivity (Wildman–Crippen MR) is 225 cm³/mol. The van der Waals surface area contributed by atoms with Gasteiger partial charge in [-0.05, 0) is 53.7 Å². The van der Waals surface area contributed by atoms with Crippen molar-refractivity contribution < 1.29 is 53.7 Å². The van der Waals surface area contributed by atoms with Gasteiger partial charge >= 0.3 is 5.97 Å². The van der Waals surface area contributed by atoms with Gasteiger partial charge in [-0.1, -0.05) is 50.6 Å². The Kier molecular flexibility index (Phi) is 19.5. The molecule has 21 heteroatoms. The summed E-state index contributed by atoms with van der Waals surface area (Å²) in [5.41, 5.74) is 12.7. The lowest BCUT2D eigenvalue weighted by molar-refractivity contribution is -0.143. The number of benzene rings is 2. The van der Waals surface area contributed by atoms with Crippen LogP contribution in [0.4, 0.5) is 0 Å². The first-order chi connectivity index (χ1) is 29.0. The first kappa shape index (κ1) is 49.2. The average Bonchev–Trinajstić information content (AvgIpc) is 3.64. The van der Waals surface area contributed by atoms with E-state index in [9.17, 15) is 53.7 Å². The van der Waals surface area contributed by atoms with Gasteiger partial charge < -0.3 is 63.7 Å². The van der Waals surface area contributed by atoms with Crippen LogP contribution in [0.25, 0.3) is 10.9 Å². The van der Waals surface area contributed by atoms with Gasteiger partial charge in [0.15, 0.2) is 0 Å². The lowest BCUT2D eigenvalue weighted by Crippen LogP contribution is -2.59. The molecule has 0 saturated carbocycles. The number of phenolic OH excluding ortho intramolecular Hbond substituents is 1. The Morgan fingerprint density at radius 2 is 1.39 bits per heavy atom. The maximum atomic E-state index is 13.9. The third kappa shape index (κ3) is 15.4. The number of nitrogens with two attached hydrogens (primary N) is 2. The summed E-state index contributed by atoms with van der Waals surface area (Å²) in [5, 5.41) is 44.5. The van der Waals surface area contributed by atoms with Crippen LogP contribution >= 0.6 is 11.8 Å². The van der Waals surface area contributed by atoms with Crippen molar-refractivity contribution in [1.29, 1.82) is 0 Å². The number of aromatic amines is 1. The number of thioether (sulfide) groups is 1. The van der Waals surface area contributed by atoms with Crippen molar-refractivity contribution in [2.75, 3.05) is 25.2 Å². The van der Waals surface area contributed by atoms with Crippen LogP contribution in [0.1, 0.15) is 44.2 Å². The zero-order valence-electron chi connectivity index (χ0n) is 34.1. The molecule has 0 aliphatic rings. The molecular weight excluding hydrogens is 815 g/mol. The van der Waals surface area contributed by atoms with Crippen LogP contribution < -0.4 is 43.4 Å². The Hall–Kier alpha value is -6.19. The summed E-state index contributed by atoms with van der Waals surface area (Å²) < 4.78 is 0. The van der Waals surface area contributed by atoms with Crippen LogP contribution in [-0.4, -0.2) is 129 Å². The van der Waals surface area contributed by atoms with E-state index < -0.39 is 109 Å². The number of carbonyl (C=O) groups excluding carboxylic acids is 7. The molecule has 0 saturated heterocycles. The number of primary amides is 1. The van der Waals surface area contributed by atoms with Crippen molar-refractivity contribution in [1.82, 2.24) is 36.9 Å². The van der Waals surface area contributed by atoms with E-state index in [1.165, 1.54) is 36.0 Å². The van der Waals surface area contributed by atoms with Crippen LogP contribution in [0.5, 0.6) is 5.75 Å². The molecular formula is C40H55N9O11S. The number of para-hydroxylation sites is 1. The van der Waals surface area contributed by atoms with Gasteiger partial charge in [-0.25, -0.2) is 4.79 Å². The Morgan fingerprint density at radius 3 is 2.00 bits per heavy atom. The van der Waals surface area contributed by atoms with Gasteiger partial charge in [0, 0.05) is 29.9 Å². The second kappa shape index (κ2) is 24.2. The molecule has 1 aromatic heterocycles. The van der Waals surface area contributed by atoms with Crippen molar-refractivity contribution >= 4 is 70.0 Å². The number of carboxylic acids is 1. The molecule has 3 aromatic rings. The van der Waals surface area contributed by atoms with Crippen molar-refractivity contribution in [2.45, 2.75) is 82.2 Å². The van der Waals surface area contributed by atoms with Gasteiger partial charge in [-0.3, -0.25) is 33.6 Å². The van der Waals surface area contributed by atoms with E-state index in [0.29, 0.717) is 23.3 Å². The minimum atomic E-state index is -1.59. The van der Waals surface area contributed by atoms with Gasteiger partial charge in [0.2, 0.25) is 41.4 Å². The number of aliphatic hydroxyl groups is 1. The maximum Gasteiger partial charge on any atom is 0.326 e. The molecule has 14 N–H and O–H groups in total. The fraction of sp³-hybridized carbons (Fsp3) is 0.450. The van der Waals surface area contributed by atoms with Crippen LogP contribution in [0, 0.1) is 5.92 Å². The van der Waals surface area contributed by atoms with Gasteiger partial charge in [-0.2, -0.15) is 11.8 Å². The monoisotopic (exact) mass is 869 g/mol. The number of aliphatic carboxylic acids is 1. The first-order valence-electron chi connectivity index (χ1n) is 19.5. The molecule has 2 aromatic carbocycles. The third-order valence-electron chi connectivity index (χ3n) is 9.78. The number of aromatic hydroxyl groups is 1. The smallest absolute Gasteiger partial charge is 0.326 e. The highest BCUT2D eigenvalue weighted by atomic mass is 32.2. The van der Waals surface area contributed by atoms with Crippen LogP contribution in [0.3, 0.4) is 0 Å². The minimum absolute atomic E-state index is 0.0277. The second-order valence-corrected chi connectivity index (χ2v) is 15.4. The number of aromatic nitrogens is 1. The summed E-state index contributed by atoms with van der Waals surface area (Å²) in [6, 6.07) is 4.78. The van der Waals surface area contributed by atoms with E-state index in [0.717, 1.165) is 10.9 Å². The van der Waals surface area contributed by atoms with Crippen LogP contribution in [-0.2, 0) is 51.2 Å². The number of rotatable bonds is 25. The van der Waals surface area contributed by atoms with Crippen molar-refractivity contribution in [3.63, 3.8) is 0 Å². The summed E-state index contributed by atoms with van der Waals surface area (Å²) in [6.07, 6.45) is 3.13. The fourth-order valence-electron chi connectivity index (χ4n) is 6.10. The molecule has 332 valence electrons. The average molecular weight is 870 g/mol. The Morgan fingerprint density at radius 1 is 0.787 bits per heavy atom. The number of carbonyl (C=O) groups is 8. The second-order valence-electron chi connectivity index (χ2n) is 14.4. The molecule has 0 fully saturated rings. The van der Waals surface area contributed by atoms with E-state index in [2.05, 4.69) is 36.9 Å². The van der Waals surface area contributed by atoms with E-state index in [1.54, 1.807) is 26.3 Å². The SMILES string of the molecule is CC[C@H](C)[C@H](NC(=O)[C@H](Cc1c[nH]c2ccccc12)NC(=O)[C@H](CCSC)NC(=O)CNC(=O)[C@H](Cc1ccc(O)cc1)NC(=O)[C@H](CC(N)=O)NC(=O)[C@@H](N)CO)C(=O)O. The Labute approximate surface area is 356 Å². The molecule has 0 radical (unpaired) electrons. The summed E-state index contributed by atoms with van der Waals surface area (Å²) in [6.45, 7) is 2.01. The van der Waals surface area contributed by atoms with Crippen LogP contribution in [0.2, 0.25) is 0 Å². The lowest BCUT2D eigenvalue weighted by atomic mass is 9.98. The van der Waals surface area contributed by atoms with E-state index in [-0.39, 0.29) is 25.0 Å². The number of hydrogen-bond acceptors (Lipinski definition) is 12. The molecule has 61 heavy (non-hydrogen) atoms. The zero-order valence-corrected chi connectivity index (χ0v) is 34.9. The highest BCUT2D eigenvalue weighted by Crippen LogP contribution is 2.20. The number of aliphatic hydroxyl groups excluding tert-OH is 1. The summed E-state index contributed by atoms with van der Waals surface area (Å²) in [7, 11) is 0. The molecule has 0 aliphatic heterocycles. The van der Waals surface area contributed by atoms with E-state index in [4.69, 9.17) is 11.5 Å². The van der Waals surface area contributed by atoms with Gasteiger partial charge in [0.05, 0.1) is 19.6 Å². The first-order valence-corrected chi connectivity index (χ1v) is 20.8. The minimum Gasteiger partial charge on any atom is -0.508 e. The van der Waals surface area contributed by atoms with Crippen molar-refractivity contribution in [2.24, 2.45) is 17.4 Å². The summed E-state index contributed by atoms with van der Waals surface area (Å²) >= 11 is 1.38. The molecule has 7 atom stereocenters. The summed E-state index contributed by atoms with van der Waals surface area (Å²) in [5.74, 6) is -7.51. The number of fused-ring (bicyclic) bond motifs is 1. The molecule has 0 spiro atoms. The van der Waals surface area contributed by atoms with Crippen LogP contribution in [0.15, 0.2) is 54.7 Å². The van der Waals surface area contributed by atoms with Crippen molar-refractivity contribution in [3.8, 4) is 5.75 Å². The Bertz CT molecular complexity index is 2010. The molecule has 1 heterocycles. The highest BCUT2D eigenvalue weighted by Gasteiger charge is 2.33. The number of amides is 7. The standard InChI is InChI=1S/C40H55N9O11S/c1-4-21(2)34(40(59)60)49-39(58)30(16-23-18-43-27-8-6-5-7-25(23)27)48-37(56)28(13-14-61-3)45-33(53)19-44-36(55)29(15-22-9-11-24(51)12-10-22)47-38(57)31(17-32(42)52)46-35(54)26(41)20-50/h5-12,18,21,26,28-31,34,43,50-51H,4,13-17,19-20,41H2,1-3H3,(H2,42,52)(H,44,55)(H,45,53)(H,46,54)(H,47,57)(H,48,56)(H,49,58)(H,59,60)/t21-,26-,28-,29-,30-,31-,34-/m0/s1. The number of H-pyrrole nitrogens is 1. The number of carboxylic acid groups (broad SMARTS) is 1. The molecule has 0 bridgehead atoms. The van der Waals surface area contributed by atoms with Crippen molar-refractivity contribution in [3.05, 3.63) is 65.9 Å². The predicted octanol–water partition coefficient (Wildman–Crippen LogP) is -1.72. The lowest BCUT2D eigenvalue weighted by Gasteiger charge is -2.26. The van der Waals surface area contributed by atoms with E-state index in [1.807, 2.05) is 24.3 Å². The molecule has 3 rings (SSSR count). The quantitative estimate of drug-likeness (QED) is 0.0452.